The van der Waals surface area contributed by atoms with Crippen LogP contribution in [-0.4, -0.2) is 71.9 Å². The molecular weight excluding hydrogens is 324 g/mol. The van der Waals surface area contributed by atoms with Crippen molar-refractivity contribution in [2.75, 3.05) is 40.3 Å². The van der Waals surface area contributed by atoms with E-state index in [9.17, 15) is 9.59 Å². The van der Waals surface area contributed by atoms with E-state index >= 15 is 0 Å². The molecule has 0 atom stereocenters. The molecule has 6 nitrogen and oxygen atoms in total. The second-order valence-electron chi connectivity index (χ2n) is 4.82. The molecule has 1 aliphatic rings. The maximum absolute atomic E-state index is 12.3. The van der Waals surface area contributed by atoms with Crippen molar-refractivity contribution < 1.29 is 9.59 Å². The van der Waals surface area contributed by atoms with E-state index in [1.807, 2.05) is 0 Å². The molecule has 1 fully saturated rings. The van der Waals surface area contributed by atoms with E-state index in [1.165, 1.54) is 0 Å². The normalized spacial score (nSPS) is 15.2. The van der Waals surface area contributed by atoms with Crippen molar-refractivity contribution in [3.63, 3.8) is 0 Å². The topological polar surface area (TPSA) is 56.8 Å². The molecule has 0 saturated carbocycles. The lowest BCUT2D eigenvalue weighted by atomic mass is 10.2. The Balaban J connectivity index is 1.97. The van der Waals surface area contributed by atoms with Crippen molar-refractivity contribution in [3.8, 4) is 0 Å². The third kappa shape index (κ3) is 3.27. The predicted octanol–water partition coefficient (Wildman–Crippen LogP) is 1.28. The van der Waals surface area contributed by atoms with E-state index in [2.05, 4.69) is 20.9 Å². The Morgan fingerprint density at radius 3 is 2.35 bits per heavy atom. The van der Waals surface area contributed by atoms with Gasteiger partial charge in [0, 0.05) is 52.0 Å². The second-order valence-corrected chi connectivity index (χ2v) is 5.64. The van der Waals surface area contributed by atoms with Crippen LogP contribution in [0.3, 0.4) is 0 Å². The van der Waals surface area contributed by atoms with Crippen LogP contribution >= 0.6 is 15.9 Å². The number of rotatable bonds is 1. The van der Waals surface area contributed by atoms with Crippen molar-refractivity contribution in [1.82, 2.24) is 19.7 Å². The molecule has 0 N–H and O–H groups in total. The van der Waals surface area contributed by atoms with Gasteiger partial charge in [0.15, 0.2) is 0 Å². The lowest BCUT2D eigenvalue weighted by molar-refractivity contribution is 0.0650. The summed E-state index contributed by atoms with van der Waals surface area (Å²) in [7, 11) is 3.46. The molecule has 3 amide bonds. The van der Waals surface area contributed by atoms with Gasteiger partial charge in [0.25, 0.3) is 5.91 Å². The highest BCUT2D eigenvalue weighted by atomic mass is 79.9. The summed E-state index contributed by atoms with van der Waals surface area (Å²) in [5.74, 6) is -0.0231. The molecule has 0 aromatic carbocycles. The summed E-state index contributed by atoms with van der Waals surface area (Å²) in [5.41, 5.74) is 0.610. The zero-order valence-electron chi connectivity index (χ0n) is 11.5. The first kappa shape index (κ1) is 14.8. The van der Waals surface area contributed by atoms with Crippen LogP contribution in [0, 0.1) is 0 Å². The Bertz CT molecular complexity index is 513. The van der Waals surface area contributed by atoms with Crippen LogP contribution in [-0.2, 0) is 0 Å². The Morgan fingerprint density at radius 2 is 1.80 bits per heavy atom. The highest BCUT2D eigenvalue weighted by molar-refractivity contribution is 9.10. The standard InChI is InChI=1S/C13H17BrN4O2/c1-16(2)13(20)18-7-5-17(6-8-18)12(19)10-3-4-15-11(14)9-10/h3-4,9H,5-8H2,1-2H3. The second kappa shape index (κ2) is 6.21. The molecule has 20 heavy (non-hydrogen) atoms. The van der Waals surface area contributed by atoms with Gasteiger partial charge in [-0.15, -0.1) is 0 Å². The molecule has 2 heterocycles. The van der Waals surface area contributed by atoms with Crippen LogP contribution < -0.4 is 0 Å². The summed E-state index contributed by atoms with van der Waals surface area (Å²) in [6, 6.07) is 3.40. The van der Waals surface area contributed by atoms with Gasteiger partial charge >= 0.3 is 6.03 Å². The van der Waals surface area contributed by atoms with Crippen molar-refractivity contribution in [2.45, 2.75) is 0 Å². The first-order valence-corrected chi connectivity index (χ1v) is 7.15. The smallest absolute Gasteiger partial charge is 0.319 e. The van der Waals surface area contributed by atoms with Crippen molar-refractivity contribution in [3.05, 3.63) is 28.5 Å². The summed E-state index contributed by atoms with van der Waals surface area (Å²) in [4.78, 5) is 33.2. The lowest BCUT2D eigenvalue weighted by Gasteiger charge is -2.36. The summed E-state index contributed by atoms with van der Waals surface area (Å²) in [6.45, 7) is 2.24. The zero-order chi connectivity index (χ0) is 14.7. The monoisotopic (exact) mass is 340 g/mol. The number of carbonyl (C=O) groups is 2. The molecule has 0 bridgehead atoms. The van der Waals surface area contributed by atoms with Gasteiger partial charge in [-0.05, 0) is 28.1 Å². The SMILES string of the molecule is CN(C)C(=O)N1CCN(C(=O)c2ccnc(Br)c2)CC1. The lowest BCUT2D eigenvalue weighted by Crippen LogP contribution is -2.52. The first-order chi connectivity index (χ1) is 9.49. The molecule has 7 heteroatoms. The van der Waals surface area contributed by atoms with Crippen LogP contribution in [0.1, 0.15) is 10.4 Å². The Kier molecular flexibility index (Phi) is 4.59. The summed E-state index contributed by atoms with van der Waals surface area (Å²) in [5, 5.41) is 0. The summed E-state index contributed by atoms with van der Waals surface area (Å²) in [6.07, 6.45) is 1.60. The molecule has 0 spiro atoms. The van der Waals surface area contributed by atoms with Crippen molar-refractivity contribution >= 4 is 27.9 Å². The van der Waals surface area contributed by atoms with Gasteiger partial charge in [-0.25, -0.2) is 9.78 Å². The number of hydrogen-bond donors (Lipinski definition) is 0. The van der Waals surface area contributed by atoms with Gasteiger partial charge in [0.05, 0.1) is 0 Å². The van der Waals surface area contributed by atoms with Gasteiger partial charge in [-0.2, -0.15) is 0 Å². The maximum Gasteiger partial charge on any atom is 0.319 e. The highest BCUT2D eigenvalue weighted by Gasteiger charge is 2.25. The van der Waals surface area contributed by atoms with E-state index in [0.29, 0.717) is 36.3 Å². The molecule has 1 aliphatic heterocycles. The third-order valence-corrected chi connectivity index (χ3v) is 3.63. The highest BCUT2D eigenvalue weighted by Crippen LogP contribution is 2.13. The van der Waals surface area contributed by atoms with Crippen LogP contribution in [0.4, 0.5) is 4.79 Å². The number of hydrogen-bond acceptors (Lipinski definition) is 3. The van der Waals surface area contributed by atoms with Gasteiger partial charge in [-0.3, -0.25) is 4.79 Å². The van der Waals surface area contributed by atoms with Crippen LogP contribution in [0.25, 0.3) is 0 Å². The molecule has 1 aromatic heterocycles. The summed E-state index contributed by atoms with van der Waals surface area (Å²) >= 11 is 3.26. The Labute approximate surface area is 126 Å². The third-order valence-electron chi connectivity index (χ3n) is 3.19. The average molecular weight is 341 g/mol. The molecule has 0 aliphatic carbocycles. The minimum Gasteiger partial charge on any atom is -0.335 e. The number of pyridine rings is 1. The largest absolute Gasteiger partial charge is 0.335 e. The molecule has 1 saturated heterocycles. The molecule has 2 rings (SSSR count). The van der Waals surface area contributed by atoms with Gasteiger partial charge in [-0.1, -0.05) is 0 Å². The number of halogens is 1. The van der Waals surface area contributed by atoms with Crippen LogP contribution in [0.2, 0.25) is 0 Å². The fourth-order valence-electron chi connectivity index (χ4n) is 2.10. The number of nitrogens with zero attached hydrogens (tertiary/aromatic N) is 4. The van der Waals surface area contributed by atoms with Gasteiger partial charge < -0.3 is 14.7 Å². The van der Waals surface area contributed by atoms with Crippen molar-refractivity contribution in [2.24, 2.45) is 0 Å². The van der Waals surface area contributed by atoms with E-state index in [-0.39, 0.29) is 11.9 Å². The zero-order valence-corrected chi connectivity index (χ0v) is 13.1. The quantitative estimate of drug-likeness (QED) is 0.723. The Morgan fingerprint density at radius 1 is 1.20 bits per heavy atom. The fourth-order valence-corrected chi connectivity index (χ4v) is 2.47. The minimum atomic E-state index is -0.0231. The molecule has 0 radical (unpaired) electrons. The van der Waals surface area contributed by atoms with E-state index in [4.69, 9.17) is 0 Å². The van der Waals surface area contributed by atoms with E-state index in [1.54, 1.807) is 47.1 Å². The first-order valence-electron chi connectivity index (χ1n) is 6.36. The fraction of sp³-hybridized carbons (Fsp3) is 0.462. The van der Waals surface area contributed by atoms with Crippen LogP contribution in [0.5, 0.6) is 0 Å². The molecule has 108 valence electrons. The molecule has 0 unspecified atom stereocenters. The minimum absolute atomic E-state index is 0.0104. The van der Waals surface area contributed by atoms with Gasteiger partial charge in [0.2, 0.25) is 0 Å². The predicted molar refractivity (Wildman–Crippen MR) is 78.5 cm³/mol. The van der Waals surface area contributed by atoms with Crippen molar-refractivity contribution in [1.29, 1.82) is 0 Å². The number of amides is 3. The Hall–Kier alpha value is -1.63. The number of piperazine rings is 1. The number of carbonyl (C=O) groups excluding carboxylic acids is 2. The summed E-state index contributed by atoms with van der Waals surface area (Å²) < 4.78 is 0.643. The molecular formula is C13H17BrN4O2. The maximum atomic E-state index is 12.3. The van der Waals surface area contributed by atoms with E-state index in [0.717, 1.165) is 0 Å². The average Bonchev–Trinajstić information content (AvgIpc) is 2.46. The number of urea groups is 1. The van der Waals surface area contributed by atoms with Gasteiger partial charge in [0.1, 0.15) is 4.60 Å². The number of aromatic nitrogens is 1. The van der Waals surface area contributed by atoms with Crippen LogP contribution in [0.15, 0.2) is 22.9 Å². The van der Waals surface area contributed by atoms with E-state index < -0.39 is 0 Å². The molecule has 1 aromatic rings.